The molecule has 2 atom stereocenters. The van der Waals surface area contributed by atoms with Gasteiger partial charge in [0.15, 0.2) is 0 Å². The SMILES string of the molecule is C#CC(CC(=O)OCc1ccc(Cl)cc1)NC(=O)[C@@H]1CCCN(C(=O)CCC2CCN(C(=O)OC(C)(C)C)CC2)C1. The molecule has 1 aromatic rings. The van der Waals surface area contributed by atoms with E-state index in [1.165, 1.54) is 0 Å². The Bertz CT molecular complexity index is 1100. The molecule has 9 nitrogen and oxygen atoms in total. The van der Waals surface area contributed by atoms with Gasteiger partial charge in [0.1, 0.15) is 18.2 Å². The van der Waals surface area contributed by atoms with Crippen LogP contribution in [-0.4, -0.2) is 71.5 Å². The number of nitrogens with zero attached hydrogens (tertiary/aromatic N) is 2. The van der Waals surface area contributed by atoms with Gasteiger partial charge in [-0.2, -0.15) is 0 Å². The van der Waals surface area contributed by atoms with E-state index in [2.05, 4.69) is 11.2 Å². The molecular formula is C31H42ClN3O6. The Kier molecular flexibility index (Phi) is 11.9. The number of hydrogen-bond donors (Lipinski definition) is 1. The van der Waals surface area contributed by atoms with Crippen molar-refractivity contribution < 1.29 is 28.7 Å². The number of likely N-dealkylation sites (tertiary alicyclic amines) is 2. The highest BCUT2D eigenvalue weighted by Crippen LogP contribution is 2.25. The Morgan fingerprint density at radius 1 is 1.07 bits per heavy atom. The Labute approximate surface area is 248 Å². The molecule has 3 amide bonds. The number of halogens is 1. The molecule has 2 saturated heterocycles. The number of benzene rings is 1. The minimum absolute atomic E-state index is 0.0383. The van der Waals surface area contributed by atoms with Gasteiger partial charge in [0, 0.05) is 37.6 Å². The summed E-state index contributed by atoms with van der Waals surface area (Å²) >= 11 is 5.87. The monoisotopic (exact) mass is 587 g/mol. The lowest BCUT2D eigenvalue weighted by Crippen LogP contribution is -2.47. The summed E-state index contributed by atoms with van der Waals surface area (Å²) < 4.78 is 10.7. The molecular weight excluding hydrogens is 546 g/mol. The molecule has 1 unspecified atom stereocenters. The second-order valence-corrected chi connectivity index (χ2v) is 12.3. The predicted molar refractivity (Wildman–Crippen MR) is 156 cm³/mol. The first kappa shape index (κ1) is 32.3. The fourth-order valence-electron chi connectivity index (χ4n) is 5.05. The van der Waals surface area contributed by atoms with Crippen molar-refractivity contribution in [3.05, 3.63) is 34.9 Å². The Morgan fingerprint density at radius 3 is 2.39 bits per heavy atom. The Balaban J connectivity index is 1.38. The van der Waals surface area contributed by atoms with Crippen molar-refractivity contribution in [1.29, 1.82) is 0 Å². The van der Waals surface area contributed by atoms with Crippen molar-refractivity contribution in [2.75, 3.05) is 26.2 Å². The van der Waals surface area contributed by atoms with Crippen LogP contribution in [0.5, 0.6) is 0 Å². The van der Waals surface area contributed by atoms with Crippen LogP contribution in [0.2, 0.25) is 5.02 Å². The number of amides is 3. The van der Waals surface area contributed by atoms with E-state index in [-0.39, 0.29) is 36.9 Å². The van der Waals surface area contributed by atoms with Crippen LogP contribution >= 0.6 is 11.6 Å². The van der Waals surface area contributed by atoms with Crippen molar-refractivity contribution >= 4 is 35.5 Å². The molecule has 0 spiro atoms. The molecule has 224 valence electrons. The molecule has 41 heavy (non-hydrogen) atoms. The Morgan fingerprint density at radius 2 is 1.76 bits per heavy atom. The van der Waals surface area contributed by atoms with E-state index in [1.807, 2.05) is 20.8 Å². The Hall–Kier alpha value is -3.25. The largest absolute Gasteiger partial charge is 0.461 e. The summed E-state index contributed by atoms with van der Waals surface area (Å²) in [4.78, 5) is 54.0. The number of rotatable bonds is 9. The van der Waals surface area contributed by atoms with Crippen molar-refractivity contribution in [2.24, 2.45) is 11.8 Å². The smallest absolute Gasteiger partial charge is 0.410 e. The standard InChI is InChI=1S/C31H42ClN3O6/c1-5-26(19-28(37)40-21-23-8-11-25(32)12-9-23)33-29(38)24-7-6-16-35(20-24)27(36)13-10-22-14-17-34(18-15-22)30(39)41-31(2,3)4/h1,8-9,11-12,22,24,26H,6-7,10,13-21H2,2-4H3,(H,33,38)/t24-,26?/m1/s1. The molecule has 10 heteroatoms. The van der Waals surface area contributed by atoms with E-state index in [9.17, 15) is 19.2 Å². The van der Waals surface area contributed by atoms with Gasteiger partial charge in [-0.1, -0.05) is 29.7 Å². The second-order valence-electron chi connectivity index (χ2n) is 11.8. The van der Waals surface area contributed by atoms with E-state index in [0.717, 1.165) is 31.2 Å². The third-order valence-corrected chi connectivity index (χ3v) is 7.63. The molecule has 0 radical (unpaired) electrons. The molecule has 2 aliphatic rings. The zero-order valence-electron chi connectivity index (χ0n) is 24.3. The number of ether oxygens (including phenoxy) is 2. The number of piperidine rings is 2. The van der Waals surface area contributed by atoms with Crippen LogP contribution in [0.1, 0.15) is 71.3 Å². The summed E-state index contributed by atoms with van der Waals surface area (Å²) in [5.74, 6) is 1.71. The van der Waals surface area contributed by atoms with Crippen LogP contribution in [0.4, 0.5) is 4.79 Å². The summed E-state index contributed by atoms with van der Waals surface area (Å²) in [6.45, 7) is 7.86. The topological polar surface area (TPSA) is 105 Å². The summed E-state index contributed by atoms with van der Waals surface area (Å²) in [6, 6.07) is 6.16. The summed E-state index contributed by atoms with van der Waals surface area (Å²) in [5, 5.41) is 3.36. The van der Waals surface area contributed by atoms with Crippen LogP contribution in [0.3, 0.4) is 0 Å². The number of carbonyl (C=O) groups excluding carboxylic acids is 4. The van der Waals surface area contributed by atoms with Crippen LogP contribution in [-0.2, 0) is 30.5 Å². The quantitative estimate of drug-likeness (QED) is 0.335. The van der Waals surface area contributed by atoms with Gasteiger partial charge in [0.2, 0.25) is 11.8 Å². The summed E-state index contributed by atoms with van der Waals surface area (Å²) in [7, 11) is 0. The van der Waals surface area contributed by atoms with E-state index >= 15 is 0 Å². The third kappa shape index (κ3) is 10.9. The number of hydrogen-bond acceptors (Lipinski definition) is 6. The highest BCUT2D eigenvalue weighted by atomic mass is 35.5. The minimum atomic E-state index is -0.794. The van der Waals surface area contributed by atoms with Crippen LogP contribution in [0.15, 0.2) is 24.3 Å². The zero-order chi connectivity index (χ0) is 30.0. The zero-order valence-corrected chi connectivity index (χ0v) is 25.1. The first-order valence-electron chi connectivity index (χ1n) is 14.4. The van der Waals surface area contributed by atoms with Crippen LogP contribution in [0.25, 0.3) is 0 Å². The number of esters is 1. The average Bonchev–Trinajstić information content (AvgIpc) is 2.94. The fraction of sp³-hybridized carbons (Fsp3) is 0.613. The molecule has 0 saturated carbocycles. The maximum atomic E-state index is 13.0. The lowest BCUT2D eigenvalue weighted by Gasteiger charge is -2.34. The number of terminal acetylenes is 1. The first-order chi connectivity index (χ1) is 19.4. The van der Waals surface area contributed by atoms with E-state index in [4.69, 9.17) is 27.5 Å². The lowest BCUT2D eigenvalue weighted by molar-refractivity contribution is -0.145. The maximum absolute atomic E-state index is 13.0. The van der Waals surface area contributed by atoms with Gasteiger partial charge in [-0.05, 0) is 76.5 Å². The van der Waals surface area contributed by atoms with Gasteiger partial charge in [0.05, 0.1) is 12.3 Å². The van der Waals surface area contributed by atoms with Gasteiger partial charge in [-0.3, -0.25) is 14.4 Å². The molecule has 2 aliphatic heterocycles. The second kappa shape index (κ2) is 15.1. The van der Waals surface area contributed by atoms with Crippen molar-refractivity contribution in [2.45, 2.75) is 84.0 Å². The van der Waals surface area contributed by atoms with Crippen molar-refractivity contribution in [1.82, 2.24) is 15.1 Å². The summed E-state index contributed by atoms with van der Waals surface area (Å²) in [6.07, 6.45) is 9.38. The molecule has 0 aromatic heterocycles. The van der Waals surface area contributed by atoms with Gasteiger partial charge in [-0.25, -0.2) is 4.79 Å². The summed E-state index contributed by atoms with van der Waals surface area (Å²) in [5.41, 5.74) is 0.276. The highest BCUT2D eigenvalue weighted by molar-refractivity contribution is 6.30. The van der Waals surface area contributed by atoms with Gasteiger partial charge >= 0.3 is 12.1 Å². The van der Waals surface area contributed by atoms with Crippen molar-refractivity contribution in [3.8, 4) is 12.3 Å². The normalized spacial score (nSPS) is 18.7. The lowest BCUT2D eigenvalue weighted by atomic mass is 9.91. The van der Waals surface area contributed by atoms with Gasteiger partial charge < -0.3 is 24.6 Å². The predicted octanol–water partition coefficient (Wildman–Crippen LogP) is 4.56. The molecule has 2 fully saturated rings. The molecule has 3 rings (SSSR count). The number of carbonyl (C=O) groups is 4. The van der Waals surface area contributed by atoms with Crippen LogP contribution < -0.4 is 5.32 Å². The third-order valence-electron chi connectivity index (χ3n) is 7.38. The molecule has 2 heterocycles. The molecule has 1 aromatic carbocycles. The van der Waals surface area contributed by atoms with Crippen LogP contribution in [0, 0.1) is 24.2 Å². The molecule has 0 bridgehead atoms. The highest BCUT2D eigenvalue weighted by Gasteiger charge is 2.31. The van der Waals surface area contributed by atoms with E-state index in [0.29, 0.717) is 50.0 Å². The van der Waals surface area contributed by atoms with Crippen molar-refractivity contribution in [3.63, 3.8) is 0 Å². The average molecular weight is 588 g/mol. The number of nitrogens with one attached hydrogen (secondary N) is 1. The first-order valence-corrected chi connectivity index (χ1v) is 14.7. The fourth-order valence-corrected chi connectivity index (χ4v) is 5.17. The molecule has 1 N–H and O–H groups in total. The maximum Gasteiger partial charge on any atom is 0.410 e. The van der Waals surface area contributed by atoms with E-state index in [1.54, 1.807) is 34.1 Å². The van der Waals surface area contributed by atoms with Gasteiger partial charge in [0.25, 0.3) is 0 Å². The molecule has 0 aliphatic carbocycles. The van der Waals surface area contributed by atoms with E-state index < -0.39 is 17.6 Å². The minimum Gasteiger partial charge on any atom is -0.461 e. The van der Waals surface area contributed by atoms with Gasteiger partial charge in [-0.15, -0.1) is 6.42 Å².